The Hall–Kier alpha value is -6.00. The number of rotatable bonds is 4. The first-order valence-corrected chi connectivity index (χ1v) is 14.8. The molecule has 4 heteroatoms. The van der Waals surface area contributed by atoms with E-state index in [0.717, 1.165) is 55.8 Å². The fourth-order valence-corrected chi connectivity index (χ4v) is 6.35. The molecule has 3 aromatic heterocycles. The third kappa shape index (κ3) is 3.85. The van der Waals surface area contributed by atoms with Crippen LogP contribution in [0.15, 0.2) is 156 Å². The van der Waals surface area contributed by atoms with Crippen molar-refractivity contribution in [2.45, 2.75) is 0 Å². The molecule has 0 unspecified atom stereocenters. The van der Waals surface area contributed by atoms with Gasteiger partial charge in [0, 0.05) is 33.0 Å². The van der Waals surface area contributed by atoms with Crippen molar-refractivity contribution in [3.05, 3.63) is 152 Å². The fourth-order valence-electron chi connectivity index (χ4n) is 6.35. The van der Waals surface area contributed by atoms with Gasteiger partial charge in [0.25, 0.3) is 0 Å². The highest BCUT2D eigenvalue weighted by Gasteiger charge is 2.18. The van der Waals surface area contributed by atoms with Crippen LogP contribution < -0.4 is 0 Å². The first-order valence-electron chi connectivity index (χ1n) is 14.8. The summed E-state index contributed by atoms with van der Waals surface area (Å²) in [4.78, 5) is 10.2. The van der Waals surface area contributed by atoms with Gasteiger partial charge in [0.05, 0.1) is 16.7 Å². The maximum atomic E-state index is 6.27. The van der Waals surface area contributed by atoms with Crippen molar-refractivity contribution in [2.24, 2.45) is 0 Å². The molecule has 0 bridgehead atoms. The van der Waals surface area contributed by atoms with Crippen LogP contribution in [0, 0.1) is 0 Å². The van der Waals surface area contributed by atoms with E-state index in [9.17, 15) is 0 Å². The zero-order valence-electron chi connectivity index (χ0n) is 23.7. The smallest absolute Gasteiger partial charge is 0.246 e. The minimum absolute atomic E-state index is 0.539. The molecule has 0 amide bonds. The molecular weight excluding hydrogens is 538 g/mol. The van der Waals surface area contributed by atoms with Crippen LogP contribution in [0.5, 0.6) is 0 Å². The van der Waals surface area contributed by atoms with Gasteiger partial charge in [-0.3, -0.25) is 0 Å². The molecular formula is C40H25N3O. The van der Waals surface area contributed by atoms with E-state index in [1.807, 2.05) is 42.5 Å². The summed E-state index contributed by atoms with van der Waals surface area (Å²) in [7, 11) is 0. The maximum absolute atomic E-state index is 6.27. The summed E-state index contributed by atoms with van der Waals surface area (Å²) in [5, 5.41) is 3.47. The van der Waals surface area contributed by atoms with Crippen molar-refractivity contribution < 1.29 is 4.42 Å². The lowest BCUT2D eigenvalue weighted by Crippen LogP contribution is -1.94. The monoisotopic (exact) mass is 563 g/mol. The quantitative estimate of drug-likeness (QED) is 0.214. The summed E-state index contributed by atoms with van der Waals surface area (Å²) in [5.74, 6) is 0. The van der Waals surface area contributed by atoms with Crippen LogP contribution >= 0.6 is 0 Å². The molecule has 0 saturated heterocycles. The van der Waals surface area contributed by atoms with Gasteiger partial charge in [-0.2, -0.15) is 0 Å². The largest absolute Gasteiger partial charge is 0.436 e. The third-order valence-electron chi connectivity index (χ3n) is 8.44. The van der Waals surface area contributed by atoms with Gasteiger partial charge >= 0.3 is 0 Å². The summed E-state index contributed by atoms with van der Waals surface area (Å²) in [6.07, 6.45) is 0. The Balaban J connectivity index is 1.17. The molecule has 0 N–H and O–H groups in total. The van der Waals surface area contributed by atoms with Crippen LogP contribution in [0.1, 0.15) is 0 Å². The van der Waals surface area contributed by atoms with Gasteiger partial charge in [-0.05, 0) is 47.5 Å². The molecule has 0 spiro atoms. The zero-order valence-corrected chi connectivity index (χ0v) is 23.7. The minimum Gasteiger partial charge on any atom is -0.436 e. The Labute approximate surface area is 253 Å². The van der Waals surface area contributed by atoms with Gasteiger partial charge in [0.1, 0.15) is 16.8 Å². The van der Waals surface area contributed by atoms with E-state index in [1.54, 1.807) is 0 Å². The molecule has 0 aliphatic heterocycles. The second-order valence-corrected chi connectivity index (χ2v) is 11.0. The summed E-state index contributed by atoms with van der Waals surface area (Å²) in [6.45, 7) is 0. The van der Waals surface area contributed by atoms with E-state index in [-0.39, 0.29) is 0 Å². The fraction of sp³-hybridized carbons (Fsp3) is 0. The molecule has 4 nitrogen and oxygen atoms in total. The Morgan fingerprint density at radius 3 is 1.61 bits per heavy atom. The van der Waals surface area contributed by atoms with Gasteiger partial charge in [-0.25, -0.2) is 9.97 Å². The normalized spacial score (nSPS) is 11.6. The van der Waals surface area contributed by atoms with Crippen LogP contribution in [0.2, 0.25) is 0 Å². The summed E-state index contributed by atoms with van der Waals surface area (Å²) in [5.41, 5.74) is 11.5. The number of aromatic nitrogens is 3. The summed E-state index contributed by atoms with van der Waals surface area (Å²) in [6, 6.07) is 52.7. The molecule has 0 fully saturated rings. The van der Waals surface area contributed by atoms with E-state index in [0.29, 0.717) is 5.71 Å². The topological polar surface area (TPSA) is 43.9 Å². The number of hydrogen-bond donors (Lipinski definition) is 0. The average molecular weight is 564 g/mol. The molecule has 0 saturated carbocycles. The van der Waals surface area contributed by atoms with Crippen molar-refractivity contribution in [3.8, 4) is 39.3 Å². The van der Waals surface area contributed by atoms with Crippen LogP contribution in [-0.2, 0) is 0 Å². The van der Waals surface area contributed by atoms with Crippen molar-refractivity contribution in [1.29, 1.82) is 0 Å². The van der Waals surface area contributed by atoms with Gasteiger partial charge < -0.3 is 8.98 Å². The Morgan fingerprint density at radius 2 is 0.977 bits per heavy atom. The Morgan fingerprint density at radius 1 is 0.432 bits per heavy atom. The van der Waals surface area contributed by atoms with E-state index in [4.69, 9.17) is 14.4 Å². The highest BCUT2D eigenvalue weighted by molar-refractivity contribution is 6.09. The van der Waals surface area contributed by atoms with Crippen LogP contribution in [0.25, 0.3) is 83.3 Å². The molecule has 3 heterocycles. The minimum atomic E-state index is 0.539. The molecule has 0 aliphatic carbocycles. The second kappa shape index (κ2) is 9.79. The number of hydrogen-bond acceptors (Lipinski definition) is 3. The first-order chi connectivity index (χ1) is 21.8. The first kappa shape index (κ1) is 24.6. The molecule has 0 atom stereocenters. The van der Waals surface area contributed by atoms with Crippen LogP contribution in [-0.4, -0.2) is 14.5 Å². The molecule has 206 valence electrons. The van der Waals surface area contributed by atoms with E-state index in [2.05, 4.69) is 114 Å². The second-order valence-electron chi connectivity index (χ2n) is 11.0. The number of furan rings is 1. The number of fused-ring (bicyclic) bond motifs is 6. The third-order valence-corrected chi connectivity index (χ3v) is 8.44. The van der Waals surface area contributed by atoms with Crippen molar-refractivity contribution in [3.63, 3.8) is 0 Å². The molecule has 0 radical (unpaired) electrons. The number of para-hydroxylation sites is 2. The standard InChI is InChI=1S/C40H25N3O/c1-3-11-27(12-4-1)37-38(28-13-5-2-6-14-28)42-40-39(41-37)33-25-29(21-24-36(33)44-40)26-19-22-30(23-20-26)43-34-17-9-7-15-31(34)32-16-8-10-18-35(32)43/h1-25H. The van der Waals surface area contributed by atoms with Gasteiger partial charge in [0.15, 0.2) is 0 Å². The highest BCUT2D eigenvalue weighted by Crippen LogP contribution is 2.37. The van der Waals surface area contributed by atoms with Gasteiger partial charge in [-0.1, -0.05) is 115 Å². The summed E-state index contributed by atoms with van der Waals surface area (Å²) < 4.78 is 8.61. The number of benzene rings is 6. The van der Waals surface area contributed by atoms with E-state index in [1.165, 1.54) is 21.8 Å². The van der Waals surface area contributed by atoms with Gasteiger partial charge in [-0.15, -0.1) is 0 Å². The average Bonchev–Trinajstić information content (AvgIpc) is 3.63. The Bertz CT molecular complexity index is 2420. The molecule has 9 rings (SSSR count). The molecule has 6 aromatic carbocycles. The highest BCUT2D eigenvalue weighted by atomic mass is 16.3. The van der Waals surface area contributed by atoms with Gasteiger partial charge in [0.2, 0.25) is 5.71 Å². The van der Waals surface area contributed by atoms with Crippen molar-refractivity contribution in [2.75, 3.05) is 0 Å². The lowest BCUT2D eigenvalue weighted by Gasteiger charge is -2.09. The zero-order chi connectivity index (χ0) is 29.0. The molecule has 9 aromatic rings. The molecule has 44 heavy (non-hydrogen) atoms. The van der Waals surface area contributed by atoms with Crippen LogP contribution in [0.3, 0.4) is 0 Å². The van der Waals surface area contributed by atoms with Crippen molar-refractivity contribution >= 4 is 44.0 Å². The molecule has 0 aliphatic rings. The lowest BCUT2D eigenvalue weighted by atomic mass is 10.0. The maximum Gasteiger partial charge on any atom is 0.246 e. The number of nitrogens with zero attached hydrogens (tertiary/aromatic N) is 3. The van der Waals surface area contributed by atoms with Crippen LogP contribution in [0.4, 0.5) is 0 Å². The summed E-state index contributed by atoms with van der Waals surface area (Å²) >= 11 is 0. The predicted octanol–water partition coefficient (Wildman–Crippen LogP) is 10.5. The van der Waals surface area contributed by atoms with E-state index < -0.39 is 0 Å². The predicted molar refractivity (Wildman–Crippen MR) is 180 cm³/mol. The van der Waals surface area contributed by atoms with Crippen molar-refractivity contribution in [1.82, 2.24) is 14.5 Å². The SMILES string of the molecule is c1ccc(-c2nc3oc4ccc(-c5ccc(-n6c7ccccc7c7ccccc76)cc5)cc4c3nc2-c2ccccc2)cc1. The Kier molecular flexibility index (Phi) is 5.47. The van der Waals surface area contributed by atoms with E-state index >= 15 is 0 Å². The lowest BCUT2D eigenvalue weighted by molar-refractivity contribution is 0.653.